The van der Waals surface area contributed by atoms with Gasteiger partial charge in [-0.25, -0.2) is 0 Å². The highest BCUT2D eigenvalue weighted by Crippen LogP contribution is 2.75. The highest BCUT2D eigenvalue weighted by Gasteiger charge is 2.06. The van der Waals surface area contributed by atoms with Crippen LogP contribution in [0.3, 0.4) is 0 Å². The van der Waals surface area contributed by atoms with Crippen molar-refractivity contribution in [2.45, 2.75) is 0 Å². The molecule has 0 heterocycles. The van der Waals surface area contributed by atoms with Crippen LogP contribution in [0.4, 0.5) is 0 Å². The topological polar surface area (TPSA) is 0 Å². The van der Waals surface area contributed by atoms with Gasteiger partial charge in [-0.15, -0.1) is 0 Å². The van der Waals surface area contributed by atoms with E-state index in [9.17, 15) is 0 Å². The van der Waals surface area contributed by atoms with E-state index in [0.29, 0.717) is 7.78 Å². The summed E-state index contributed by atoms with van der Waals surface area (Å²) in [5.74, 6) is 0. The van der Waals surface area contributed by atoms with Gasteiger partial charge in [-0.2, -0.15) is 0 Å². The van der Waals surface area contributed by atoms with Crippen molar-refractivity contribution in [2.75, 3.05) is 6.66 Å². The van der Waals surface area contributed by atoms with Gasteiger partial charge in [0.1, 0.15) is 0 Å². The van der Waals surface area contributed by atoms with Crippen molar-refractivity contribution in [1.29, 1.82) is 0 Å². The molecule has 40 valence electrons. The predicted molar refractivity (Wildman–Crippen MR) is 39.4 cm³/mol. The molecule has 0 aromatic carbocycles. The maximum Gasteiger partial charge on any atom is 0.0113 e. The fraction of sp³-hybridized carbons (Fsp3) is 1.00. The number of halogens is 3. The average Bonchev–Trinajstić information content (AvgIpc) is 1.35. The first-order valence-electron chi connectivity index (χ1n) is 1.17. The number of rotatable bonds is 1. The Morgan fingerprint density at radius 3 is 1.50 bits per heavy atom. The van der Waals surface area contributed by atoms with Crippen LogP contribution in [0.25, 0.3) is 0 Å². The van der Waals surface area contributed by atoms with Gasteiger partial charge in [0.15, 0.2) is 0 Å². The lowest BCUT2D eigenvalue weighted by atomic mass is 12.0. The van der Waals surface area contributed by atoms with Gasteiger partial charge < -0.3 is 0 Å². The van der Waals surface area contributed by atoms with Gasteiger partial charge in [-0.1, -0.05) is 0 Å². The first-order chi connectivity index (χ1) is 2.56. The lowest BCUT2D eigenvalue weighted by Crippen LogP contribution is -1.43. The van der Waals surface area contributed by atoms with Crippen molar-refractivity contribution in [3.05, 3.63) is 0 Å². The van der Waals surface area contributed by atoms with Gasteiger partial charge in [0.05, 0.1) is 0 Å². The predicted octanol–water partition coefficient (Wildman–Crippen LogP) is 3.48. The second-order valence-electron chi connectivity index (χ2n) is 0.611. The van der Waals surface area contributed by atoms with Crippen LogP contribution < -0.4 is 0 Å². The molecule has 0 aliphatic carbocycles. The average molecular weight is 185 g/mol. The molecule has 0 aliphatic heterocycles. The van der Waals surface area contributed by atoms with Crippen molar-refractivity contribution < 1.29 is 0 Å². The third-order valence-electron chi connectivity index (χ3n) is 0.231. The van der Waals surface area contributed by atoms with Crippen molar-refractivity contribution in [2.24, 2.45) is 0 Å². The first kappa shape index (κ1) is 7.65. The highest BCUT2D eigenvalue weighted by molar-refractivity contribution is 9.04. The van der Waals surface area contributed by atoms with Crippen molar-refractivity contribution in [3.63, 3.8) is 0 Å². The first-order valence-corrected chi connectivity index (χ1v) is 7.50. The van der Waals surface area contributed by atoms with Crippen LogP contribution in [0, 0.1) is 0 Å². The second-order valence-corrected chi connectivity index (χ2v) is 12.8. The Balaban J connectivity index is 3.17. The summed E-state index contributed by atoms with van der Waals surface area (Å²) in [6, 6.07) is 0. The summed E-state index contributed by atoms with van der Waals surface area (Å²) in [5, 5.41) is 0. The van der Waals surface area contributed by atoms with Gasteiger partial charge in [0, 0.05) is 7.29 Å². The summed E-state index contributed by atoms with van der Waals surface area (Å²) in [6.45, 7) is 1.88. The molecule has 0 aliphatic rings. The van der Waals surface area contributed by atoms with E-state index in [4.69, 9.17) is 32.0 Å². The second kappa shape index (κ2) is 2.84. The smallest absolute Gasteiger partial charge is 0.0113 e. The van der Waals surface area contributed by atoms with Gasteiger partial charge in [0.25, 0.3) is 0 Å². The molecule has 5 heteroatoms. The van der Waals surface area contributed by atoms with E-state index in [0.717, 1.165) is 0 Å². The lowest BCUT2D eigenvalue weighted by molar-refractivity contribution is 2.51. The number of hydrogen-bond acceptors (Lipinski definition) is 0. The molecule has 0 nitrogen and oxygen atoms in total. The van der Waals surface area contributed by atoms with E-state index < -0.39 is 7.29 Å². The Bertz CT molecular complexity index is 40.5. The molecule has 0 aromatic heterocycles. The number of hydrogen-bond donors (Lipinski definition) is 0. The van der Waals surface area contributed by atoms with Crippen LogP contribution in [-0.2, 0) is 0 Å². The van der Waals surface area contributed by atoms with Crippen LogP contribution in [0.15, 0.2) is 0 Å². The standard InChI is InChI=1S/CH4Cl3PS/c1-5-6(2,3)4/h5H,1H3. The fourth-order valence-electron chi connectivity index (χ4n) is 0. The molecule has 0 saturated carbocycles. The zero-order valence-electron chi connectivity index (χ0n) is 3.04. The van der Waals surface area contributed by atoms with Crippen LogP contribution >= 0.6 is 47.1 Å². The van der Waals surface area contributed by atoms with E-state index in [-0.39, 0.29) is 0 Å². The van der Waals surface area contributed by atoms with Gasteiger partial charge in [-0.05, 0) is 46.5 Å². The largest absolute Gasteiger partial charge is 0.0385 e. The molecular formula is CH4Cl3PS. The minimum Gasteiger partial charge on any atom is -0.0385 e. The molecule has 0 bridgehead atoms. The Kier molecular flexibility index (Phi) is 3.62. The molecule has 6 heavy (non-hydrogen) atoms. The summed E-state index contributed by atoms with van der Waals surface area (Å²) in [5.41, 5.74) is 0. The van der Waals surface area contributed by atoms with Gasteiger partial charge >= 0.3 is 0 Å². The SMILES string of the molecule is CPS(Cl)(Cl)Cl. The Hall–Kier alpha value is 1.65. The maximum atomic E-state index is 5.34. The quantitative estimate of drug-likeness (QED) is 0.549. The monoisotopic (exact) mass is 184 g/mol. The van der Waals surface area contributed by atoms with Crippen molar-refractivity contribution in [3.8, 4) is 0 Å². The zero-order chi connectivity index (χ0) is 5.21. The molecule has 0 spiro atoms. The summed E-state index contributed by atoms with van der Waals surface area (Å²) in [6.07, 6.45) is 0. The van der Waals surface area contributed by atoms with Crippen molar-refractivity contribution >= 4 is 47.1 Å². The van der Waals surface area contributed by atoms with E-state index in [1.165, 1.54) is 0 Å². The Morgan fingerprint density at radius 2 is 1.50 bits per heavy atom. The fourth-order valence-corrected chi connectivity index (χ4v) is 0. The Morgan fingerprint density at radius 1 is 1.33 bits per heavy atom. The minimum absolute atomic E-state index is 0.447. The van der Waals surface area contributed by atoms with Crippen LogP contribution in [0.2, 0.25) is 0 Å². The molecule has 0 aromatic rings. The third-order valence-corrected chi connectivity index (χ3v) is 6.25. The van der Waals surface area contributed by atoms with Crippen LogP contribution in [0.5, 0.6) is 0 Å². The molecule has 0 fully saturated rings. The molecule has 0 amide bonds. The van der Waals surface area contributed by atoms with E-state index >= 15 is 0 Å². The van der Waals surface area contributed by atoms with Crippen molar-refractivity contribution in [1.82, 2.24) is 0 Å². The molecule has 1 unspecified atom stereocenters. The molecule has 0 N–H and O–H groups in total. The van der Waals surface area contributed by atoms with Gasteiger partial charge in [-0.3, -0.25) is 0 Å². The molecule has 0 rings (SSSR count). The van der Waals surface area contributed by atoms with E-state index in [1.54, 1.807) is 0 Å². The molecular weight excluding hydrogens is 181 g/mol. The van der Waals surface area contributed by atoms with Crippen LogP contribution in [0.1, 0.15) is 0 Å². The minimum atomic E-state index is -1.72. The molecule has 1 atom stereocenters. The normalized spacial score (nSPS) is 16.7. The van der Waals surface area contributed by atoms with Gasteiger partial charge in [0.2, 0.25) is 0 Å². The Labute approximate surface area is 53.9 Å². The lowest BCUT2D eigenvalue weighted by Gasteiger charge is -2.09. The summed E-state index contributed by atoms with van der Waals surface area (Å²) in [4.78, 5) is 0. The molecule has 0 radical (unpaired) electrons. The summed E-state index contributed by atoms with van der Waals surface area (Å²) in [7, 11) is 14.8. The highest BCUT2D eigenvalue weighted by atomic mass is 36.2. The van der Waals surface area contributed by atoms with E-state index in [1.807, 2.05) is 6.66 Å². The third kappa shape index (κ3) is 5.65. The maximum absolute atomic E-state index is 5.34. The zero-order valence-corrected chi connectivity index (χ0v) is 7.13. The summed E-state index contributed by atoms with van der Waals surface area (Å²) < 4.78 is 0. The van der Waals surface area contributed by atoms with Crippen LogP contribution in [-0.4, -0.2) is 6.66 Å². The van der Waals surface area contributed by atoms with E-state index in [2.05, 4.69) is 0 Å². The molecule has 0 saturated heterocycles. The summed E-state index contributed by atoms with van der Waals surface area (Å²) >= 11 is 0.